The molecule has 0 bridgehead atoms. The number of anilines is 1. The smallest absolute Gasteiger partial charge is 0.344 e. The molecule has 0 fully saturated rings. The minimum absolute atomic E-state index is 0.0591. The molecule has 0 aromatic carbocycles. The third-order valence-corrected chi connectivity index (χ3v) is 2.35. The molecule has 0 aliphatic heterocycles. The fraction of sp³-hybridized carbons (Fsp3) is 0.286. The number of esters is 1. The van der Waals surface area contributed by atoms with Gasteiger partial charge in [-0.3, -0.25) is 0 Å². The summed E-state index contributed by atoms with van der Waals surface area (Å²) < 4.78 is 5.28. The zero-order valence-corrected chi connectivity index (χ0v) is 9.00. The van der Waals surface area contributed by atoms with Crippen LogP contribution in [0.1, 0.15) is 10.4 Å². The van der Waals surface area contributed by atoms with Gasteiger partial charge in [-0.2, -0.15) is 9.78 Å². The number of rotatable bonds is 2. The molecular formula is C7H10N4O3S. The standard InChI is InChI=1S/C7H10N4O3S/c1-14-6(12)3-4(8)11(7(9)13)10-5(3)15-2/h8H2,1-2H3,(H2,9,13). The van der Waals surface area contributed by atoms with E-state index in [0.29, 0.717) is 5.03 Å². The second-order valence-corrected chi connectivity index (χ2v) is 3.31. The molecule has 0 atom stereocenters. The molecule has 4 N–H and O–H groups in total. The highest BCUT2D eigenvalue weighted by atomic mass is 32.2. The third-order valence-electron chi connectivity index (χ3n) is 1.68. The molecule has 0 aliphatic carbocycles. The maximum absolute atomic E-state index is 11.3. The lowest BCUT2D eigenvalue weighted by Crippen LogP contribution is -2.23. The number of amides is 1. The van der Waals surface area contributed by atoms with Gasteiger partial charge in [0.25, 0.3) is 0 Å². The Bertz CT molecular complexity index is 415. The molecule has 8 heteroatoms. The minimum atomic E-state index is -0.849. The number of thioether (sulfide) groups is 1. The molecule has 1 aromatic rings. The van der Waals surface area contributed by atoms with Crippen molar-refractivity contribution in [3.63, 3.8) is 0 Å². The van der Waals surface area contributed by atoms with E-state index in [9.17, 15) is 9.59 Å². The molecule has 1 aromatic heterocycles. The highest BCUT2D eigenvalue weighted by molar-refractivity contribution is 7.98. The first-order valence-corrected chi connectivity index (χ1v) is 5.06. The second kappa shape index (κ2) is 4.22. The third kappa shape index (κ3) is 1.89. The predicted octanol–water partition coefficient (Wildman–Crippen LogP) is -0.0994. The Morgan fingerprint density at radius 2 is 2.13 bits per heavy atom. The summed E-state index contributed by atoms with van der Waals surface area (Å²) in [5.41, 5.74) is 10.6. The first-order valence-electron chi connectivity index (χ1n) is 3.83. The van der Waals surface area contributed by atoms with E-state index in [1.54, 1.807) is 6.26 Å². The van der Waals surface area contributed by atoms with Crippen LogP contribution in [-0.2, 0) is 4.74 Å². The van der Waals surface area contributed by atoms with Crippen LogP contribution in [0.15, 0.2) is 5.03 Å². The quantitative estimate of drug-likeness (QED) is 0.541. The number of carbonyl (C=O) groups is 2. The van der Waals surface area contributed by atoms with Crippen LogP contribution in [-0.4, -0.2) is 35.1 Å². The predicted molar refractivity (Wildman–Crippen MR) is 54.7 cm³/mol. The molecular weight excluding hydrogens is 220 g/mol. The van der Waals surface area contributed by atoms with Crippen LogP contribution in [0, 0.1) is 0 Å². The molecule has 0 radical (unpaired) electrons. The van der Waals surface area contributed by atoms with E-state index in [-0.39, 0.29) is 11.4 Å². The summed E-state index contributed by atoms with van der Waals surface area (Å²) in [5.74, 6) is -0.761. The van der Waals surface area contributed by atoms with Gasteiger partial charge in [-0.1, -0.05) is 0 Å². The molecule has 7 nitrogen and oxygen atoms in total. The van der Waals surface area contributed by atoms with Gasteiger partial charge in [0.05, 0.1) is 7.11 Å². The Morgan fingerprint density at radius 1 is 1.53 bits per heavy atom. The number of primary amides is 1. The summed E-state index contributed by atoms with van der Waals surface area (Å²) in [4.78, 5) is 22.2. The number of hydrogen-bond donors (Lipinski definition) is 2. The van der Waals surface area contributed by atoms with Crippen molar-refractivity contribution in [3.8, 4) is 0 Å². The topological polar surface area (TPSA) is 113 Å². The molecule has 1 rings (SSSR count). The van der Waals surface area contributed by atoms with Gasteiger partial charge in [-0.25, -0.2) is 9.59 Å². The van der Waals surface area contributed by atoms with Gasteiger partial charge in [0.15, 0.2) is 0 Å². The maximum atomic E-state index is 11.3. The lowest BCUT2D eigenvalue weighted by atomic mass is 10.3. The van der Waals surface area contributed by atoms with Gasteiger partial charge in [0.1, 0.15) is 16.4 Å². The number of ether oxygens (including phenoxy) is 1. The first kappa shape index (κ1) is 11.4. The van der Waals surface area contributed by atoms with Crippen molar-refractivity contribution < 1.29 is 14.3 Å². The molecule has 1 amide bonds. The number of nitrogens with zero attached hydrogens (tertiary/aromatic N) is 2. The van der Waals surface area contributed by atoms with Crippen molar-refractivity contribution in [1.29, 1.82) is 0 Å². The number of nitrogen functional groups attached to an aromatic ring is 1. The Balaban J connectivity index is 3.36. The monoisotopic (exact) mass is 230 g/mol. The molecule has 15 heavy (non-hydrogen) atoms. The number of aromatic nitrogens is 2. The van der Waals surface area contributed by atoms with Crippen LogP contribution in [0.2, 0.25) is 0 Å². The van der Waals surface area contributed by atoms with E-state index in [4.69, 9.17) is 11.5 Å². The van der Waals surface area contributed by atoms with Crippen LogP contribution in [0.3, 0.4) is 0 Å². The zero-order chi connectivity index (χ0) is 11.6. The average molecular weight is 230 g/mol. The van der Waals surface area contributed by atoms with E-state index in [2.05, 4.69) is 9.84 Å². The normalized spacial score (nSPS) is 10.0. The lowest BCUT2D eigenvalue weighted by molar-refractivity contribution is 0.0598. The van der Waals surface area contributed by atoms with Gasteiger partial charge >= 0.3 is 12.0 Å². The number of carbonyl (C=O) groups excluding carboxylic acids is 2. The van der Waals surface area contributed by atoms with Crippen molar-refractivity contribution in [1.82, 2.24) is 9.78 Å². The van der Waals surface area contributed by atoms with E-state index in [1.165, 1.54) is 18.9 Å². The summed E-state index contributed by atoms with van der Waals surface area (Å²) in [6.07, 6.45) is 1.69. The molecule has 1 heterocycles. The van der Waals surface area contributed by atoms with Crippen LogP contribution in [0.4, 0.5) is 10.6 Å². The maximum Gasteiger partial charge on any atom is 0.344 e. The van der Waals surface area contributed by atoms with Crippen molar-refractivity contribution in [2.45, 2.75) is 5.03 Å². The van der Waals surface area contributed by atoms with Gasteiger partial charge in [0, 0.05) is 0 Å². The SMILES string of the molecule is COC(=O)c1c(SC)nn(C(N)=O)c1N. The fourth-order valence-electron chi connectivity index (χ4n) is 1.01. The number of hydrogen-bond acceptors (Lipinski definition) is 6. The largest absolute Gasteiger partial charge is 0.465 e. The van der Waals surface area contributed by atoms with Crippen molar-refractivity contribution in [2.24, 2.45) is 5.73 Å². The van der Waals surface area contributed by atoms with E-state index < -0.39 is 12.0 Å². The Hall–Kier alpha value is -1.70. The summed E-state index contributed by atoms with van der Waals surface area (Å²) in [6, 6.07) is -0.849. The average Bonchev–Trinajstić information content (AvgIpc) is 2.54. The lowest BCUT2D eigenvalue weighted by Gasteiger charge is -1.99. The van der Waals surface area contributed by atoms with E-state index in [1.807, 2.05) is 0 Å². The number of nitrogens with two attached hydrogens (primary N) is 2. The molecule has 0 unspecified atom stereocenters. The molecule has 0 saturated carbocycles. The second-order valence-electron chi connectivity index (χ2n) is 2.51. The number of methoxy groups -OCH3 is 1. The molecule has 82 valence electrons. The zero-order valence-electron chi connectivity index (χ0n) is 8.18. The van der Waals surface area contributed by atoms with Crippen molar-refractivity contribution in [3.05, 3.63) is 5.56 Å². The highest BCUT2D eigenvalue weighted by Crippen LogP contribution is 2.24. The summed E-state index contributed by atoms with van der Waals surface area (Å²) in [7, 11) is 1.22. The summed E-state index contributed by atoms with van der Waals surface area (Å²) in [6.45, 7) is 0. The highest BCUT2D eigenvalue weighted by Gasteiger charge is 2.24. The van der Waals surface area contributed by atoms with Gasteiger partial charge < -0.3 is 16.2 Å². The van der Waals surface area contributed by atoms with Crippen LogP contribution in [0.25, 0.3) is 0 Å². The molecule has 0 spiro atoms. The van der Waals surface area contributed by atoms with Crippen LogP contribution in [0.5, 0.6) is 0 Å². The summed E-state index contributed by atoms with van der Waals surface area (Å²) in [5, 5.41) is 4.08. The van der Waals surface area contributed by atoms with E-state index in [0.717, 1.165) is 4.68 Å². The van der Waals surface area contributed by atoms with Gasteiger partial charge in [0.2, 0.25) is 0 Å². The van der Waals surface area contributed by atoms with Crippen molar-refractivity contribution in [2.75, 3.05) is 19.1 Å². The van der Waals surface area contributed by atoms with Crippen LogP contribution < -0.4 is 11.5 Å². The summed E-state index contributed by atoms with van der Waals surface area (Å²) >= 11 is 1.17. The Kier molecular flexibility index (Phi) is 3.20. The molecule has 0 aliphatic rings. The molecule has 0 saturated heterocycles. The fourth-order valence-corrected chi connectivity index (χ4v) is 1.57. The Labute approximate surface area is 89.7 Å². The minimum Gasteiger partial charge on any atom is -0.465 e. The van der Waals surface area contributed by atoms with Crippen molar-refractivity contribution >= 4 is 29.6 Å². The van der Waals surface area contributed by atoms with Gasteiger partial charge in [-0.15, -0.1) is 11.8 Å². The van der Waals surface area contributed by atoms with Gasteiger partial charge in [-0.05, 0) is 6.26 Å². The Morgan fingerprint density at radius 3 is 2.53 bits per heavy atom. The first-order chi connectivity index (χ1) is 7.02. The van der Waals surface area contributed by atoms with Crippen LogP contribution >= 0.6 is 11.8 Å². The van der Waals surface area contributed by atoms with E-state index >= 15 is 0 Å².